The molecule has 0 spiro atoms. The van der Waals surface area contributed by atoms with Crippen molar-refractivity contribution in [3.8, 4) is 0 Å². The highest BCUT2D eigenvalue weighted by Crippen LogP contribution is 2.13. The monoisotopic (exact) mass is 302 g/mol. The number of carboxylic acids is 1. The summed E-state index contributed by atoms with van der Waals surface area (Å²) in [5.74, 6) is -1.36. The standard InChI is InChI=1S/C15H11ClN2O3/c16-11-4-7-13(17-9-11)15(21)18-12-5-1-10(2-6-12)3-8-14(19)20/h1-9H,(H,18,21)(H,19,20). The minimum Gasteiger partial charge on any atom is -0.478 e. The smallest absolute Gasteiger partial charge is 0.328 e. The molecule has 0 aliphatic rings. The van der Waals surface area contributed by atoms with Gasteiger partial charge in [0.05, 0.1) is 5.02 Å². The highest BCUT2D eigenvalue weighted by Gasteiger charge is 2.07. The number of aliphatic carboxylic acids is 1. The third kappa shape index (κ3) is 4.43. The fourth-order valence-electron chi connectivity index (χ4n) is 1.55. The van der Waals surface area contributed by atoms with E-state index < -0.39 is 5.97 Å². The van der Waals surface area contributed by atoms with E-state index in [1.807, 2.05) is 0 Å². The molecule has 106 valence electrons. The number of anilines is 1. The summed E-state index contributed by atoms with van der Waals surface area (Å²) < 4.78 is 0. The molecule has 6 heteroatoms. The molecule has 0 aliphatic heterocycles. The van der Waals surface area contributed by atoms with Crippen molar-refractivity contribution in [3.63, 3.8) is 0 Å². The van der Waals surface area contributed by atoms with E-state index in [9.17, 15) is 9.59 Å². The van der Waals surface area contributed by atoms with Crippen LogP contribution in [0.15, 0.2) is 48.7 Å². The fourth-order valence-corrected chi connectivity index (χ4v) is 1.66. The molecule has 1 aromatic carbocycles. The van der Waals surface area contributed by atoms with Gasteiger partial charge in [-0.25, -0.2) is 9.78 Å². The minimum absolute atomic E-state index is 0.259. The number of hydrogen-bond donors (Lipinski definition) is 2. The Morgan fingerprint density at radius 2 is 1.86 bits per heavy atom. The number of pyridine rings is 1. The van der Waals surface area contributed by atoms with Crippen molar-refractivity contribution < 1.29 is 14.7 Å². The van der Waals surface area contributed by atoms with Crippen molar-refractivity contribution in [2.24, 2.45) is 0 Å². The van der Waals surface area contributed by atoms with Gasteiger partial charge in [0, 0.05) is 18.0 Å². The molecule has 21 heavy (non-hydrogen) atoms. The van der Waals surface area contributed by atoms with E-state index in [-0.39, 0.29) is 11.6 Å². The summed E-state index contributed by atoms with van der Waals surface area (Å²) in [4.78, 5) is 26.2. The van der Waals surface area contributed by atoms with Gasteiger partial charge in [0.2, 0.25) is 0 Å². The first-order valence-corrected chi connectivity index (χ1v) is 6.36. The van der Waals surface area contributed by atoms with Crippen LogP contribution in [0.5, 0.6) is 0 Å². The number of halogens is 1. The molecule has 1 heterocycles. The Balaban J connectivity index is 2.04. The van der Waals surface area contributed by atoms with Gasteiger partial charge in [-0.15, -0.1) is 0 Å². The Hall–Kier alpha value is -2.66. The van der Waals surface area contributed by atoms with E-state index in [0.717, 1.165) is 11.6 Å². The number of carbonyl (C=O) groups is 2. The first-order chi connectivity index (χ1) is 10.0. The lowest BCUT2D eigenvalue weighted by molar-refractivity contribution is -0.131. The Morgan fingerprint density at radius 1 is 1.14 bits per heavy atom. The maximum absolute atomic E-state index is 11.9. The highest BCUT2D eigenvalue weighted by atomic mass is 35.5. The first kappa shape index (κ1) is 14.7. The molecular formula is C15H11ClN2O3. The van der Waals surface area contributed by atoms with Crippen molar-refractivity contribution in [3.05, 3.63) is 65.0 Å². The van der Waals surface area contributed by atoms with Gasteiger partial charge in [-0.3, -0.25) is 4.79 Å². The number of benzene rings is 1. The normalized spacial score (nSPS) is 10.5. The summed E-state index contributed by atoms with van der Waals surface area (Å²) in [6.45, 7) is 0. The third-order valence-corrected chi connectivity index (χ3v) is 2.77. The van der Waals surface area contributed by atoms with Crippen LogP contribution in [-0.2, 0) is 4.79 Å². The molecule has 0 bridgehead atoms. The molecular weight excluding hydrogens is 292 g/mol. The number of amides is 1. The number of carboxylic acid groups (broad SMARTS) is 1. The number of rotatable bonds is 4. The molecule has 0 fully saturated rings. The van der Waals surface area contributed by atoms with Crippen LogP contribution in [0.3, 0.4) is 0 Å². The molecule has 0 aliphatic carbocycles. The number of aromatic nitrogens is 1. The van der Waals surface area contributed by atoms with Crippen LogP contribution in [0.4, 0.5) is 5.69 Å². The zero-order valence-corrected chi connectivity index (χ0v) is 11.5. The van der Waals surface area contributed by atoms with Crippen LogP contribution in [0.1, 0.15) is 16.1 Å². The molecule has 0 saturated carbocycles. The molecule has 5 nitrogen and oxygen atoms in total. The average Bonchev–Trinajstić information content (AvgIpc) is 2.47. The van der Waals surface area contributed by atoms with E-state index in [2.05, 4.69) is 10.3 Å². The van der Waals surface area contributed by atoms with Gasteiger partial charge in [0.1, 0.15) is 5.69 Å². The second-order valence-electron chi connectivity index (χ2n) is 4.11. The minimum atomic E-state index is -1.01. The number of nitrogens with zero attached hydrogens (tertiary/aromatic N) is 1. The summed E-state index contributed by atoms with van der Waals surface area (Å²) in [6, 6.07) is 9.87. The van der Waals surface area contributed by atoms with Gasteiger partial charge < -0.3 is 10.4 Å². The maximum atomic E-state index is 11.9. The SMILES string of the molecule is O=C(O)C=Cc1ccc(NC(=O)c2ccc(Cl)cn2)cc1. The van der Waals surface area contributed by atoms with Crippen LogP contribution in [0.25, 0.3) is 6.08 Å². The number of carbonyl (C=O) groups excluding carboxylic acids is 1. The van der Waals surface area contributed by atoms with Gasteiger partial charge in [-0.2, -0.15) is 0 Å². The summed E-state index contributed by atoms with van der Waals surface area (Å²) in [6.07, 6.45) is 3.91. The molecule has 0 saturated heterocycles. The number of nitrogens with one attached hydrogen (secondary N) is 1. The van der Waals surface area contributed by atoms with Gasteiger partial charge in [0.25, 0.3) is 5.91 Å². The molecule has 0 unspecified atom stereocenters. The fraction of sp³-hybridized carbons (Fsp3) is 0. The van der Waals surface area contributed by atoms with Gasteiger partial charge in [0.15, 0.2) is 0 Å². The third-order valence-electron chi connectivity index (χ3n) is 2.55. The lowest BCUT2D eigenvalue weighted by Gasteiger charge is -2.05. The number of hydrogen-bond acceptors (Lipinski definition) is 3. The van der Waals surface area contributed by atoms with Gasteiger partial charge >= 0.3 is 5.97 Å². The highest BCUT2D eigenvalue weighted by molar-refractivity contribution is 6.30. The van der Waals surface area contributed by atoms with E-state index in [0.29, 0.717) is 10.7 Å². The topological polar surface area (TPSA) is 79.3 Å². The van der Waals surface area contributed by atoms with Crippen molar-refractivity contribution in [2.45, 2.75) is 0 Å². The Morgan fingerprint density at radius 3 is 2.43 bits per heavy atom. The van der Waals surface area contributed by atoms with E-state index in [4.69, 9.17) is 16.7 Å². The lowest BCUT2D eigenvalue weighted by Crippen LogP contribution is -2.13. The maximum Gasteiger partial charge on any atom is 0.328 e. The lowest BCUT2D eigenvalue weighted by atomic mass is 10.2. The summed E-state index contributed by atoms with van der Waals surface area (Å²) in [7, 11) is 0. The van der Waals surface area contributed by atoms with Crippen LogP contribution >= 0.6 is 11.6 Å². The van der Waals surface area contributed by atoms with Gasteiger partial charge in [-0.1, -0.05) is 23.7 Å². The van der Waals surface area contributed by atoms with Crippen molar-refractivity contribution in [1.29, 1.82) is 0 Å². The van der Waals surface area contributed by atoms with Crippen LogP contribution in [0.2, 0.25) is 5.02 Å². The van der Waals surface area contributed by atoms with E-state index in [1.54, 1.807) is 30.3 Å². The Labute approximate surface area is 125 Å². The van der Waals surface area contributed by atoms with Crippen LogP contribution in [-0.4, -0.2) is 22.0 Å². The van der Waals surface area contributed by atoms with Crippen LogP contribution < -0.4 is 5.32 Å². The largest absolute Gasteiger partial charge is 0.478 e. The Kier molecular flexibility index (Phi) is 4.68. The second-order valence-corrected chi connectivity index (χ2v) is 4.55. The Bertz CT molecular complexity index is 679. The first-order valence-electron chi connectivity index (χ1n) is 5.98. The van der Waals surface area contributed by atoms with E-state index >= 15 is 0 Å². The van der Waals surface area contributed by atoms with Crippen molar-refractivity contribution in [2.75, 3.05) is 5.32 Å². The molecule has 1 aromatic heterocycles. The molecule has 0 atom stereocenters. The zero-order valence-electron chi connectivity index (χ0n) is 10.8. The summed E-state index contributed by atoms with van der Waals surface area (Å²) in [5.41, 5.74) is 1.57. The average molecular weight is 303 g/mol. The molecule has 2 N–H and O–H groups in total. The van der Waals surface area contributed by atoms with Crippen LogP contribution in [0, 0.1) is 0 Å². The predicted octanol–water partition coefficient (Wildman–Crippen LogP) is 3.09. The van der Waals surface area contributed by atoms with Gasteiger partial charge in [-0.05, 0) is 35.9 Å². The van der Waals surface area contributed by atoms with E-state index in [1.165, 1.54) is 18.3 Å². The molecule has 2 rings (SSSR count). The predicted molar refractivity (Wildman–Crippen MR) is 80.3 cm³/mol. The zero-order chi connectivity index (χ0) is 15.2. The summed E-state index contributed by atoms with van der Waals surface area (Å²) in [5, 5.41) is 11.7. The molecule has 0 radical (unpaired) electrons. The molecule has 1 amide bonds. The quantitative estimate of drug-likeness (QED) is 0.851. The summed E-state index contributed by atoms with van der Waals surface area (Å²) >= 11 is 5.70. The second kappa shape index (κ2) is 6.67. The van der Waals surface area contributed by atoms with Crippen molar-refractivity contribution in [1.82, 2.24) is 4.98 Å². The molecule has 2 aromatic rings. The van der Waals surface area contributed by atoms with Crippen molar-refractivity contribution >= 4 is 35.2 Å².